The van der Waals surface area contributed by atoms with Gasteiger partial charge in [-0.1, -0.05) is 0 Å². The molecule has 0 saturated heterocycles. The molecule has 34 valence electrons. The predicted octanol–water partition coefficient (Wildman–Crippen LogP) is 0.645. The quantitative estimate of drug-likeness (QED) is 0.406. The molecule has 4 nitrogen and oxygen atoms in total. The van der Waals surface area contributed by atoms with Gasteiger partial charge in [0.1, 0.15) is 0 Å². The van der Waals surface area contributed by atoms with Crippen LogP contribution in [0.15, 0.2) is 0 Å². The SMILES string of the molecule is N.N.N.N.[Cd]. The summed E-state index contributed by atoms with van der Waals surface area (Å²) in [6, 6.07) is 0. The molecule has 0 heterocycles. The van der Waals surface area contributed by atoms with Crippen LogP contribution in [0.4, 0.5) is 0 Å². The Hall–Kier alpha value is 0.762. The summed E-state index contributed by atoms with van der Waals surface area (Å²) < 4.78 is 0. The summed E-state index contributed by atoms with van der Waals surface area (Å²) in [5.74, 6) is 0. The molecule has 0 radical (unpaired) electrons. The molecule has 0 saturated carbocycles. The normalized spacial score (nSPS) is 0. The smallest absolute Gasteiger partial charge is 0 e. The van der Waals surface area contributed by atoms with E-state index in [9.17, 15) is 0 Å². The Labute approximate surface area is 52.2 Å². The third-order valence-corrected chi connectivity index (χ3v) is 0. The minimum Gasteiger partial charge on any atom is -0.344 e. The van der Waals surface area contributed by atoms with Gasteiger partial charge in [-0.25, -0.2) is 0 Å². The van der Waals surface area contributed by atoms with E-state index < -0.39 is 0 Å². The third kappa shape index (κ3) is 62.6. The van der Waals surface area contributed by atoms with Gasteiger partial charge in [-0.3, -0.25) is 0 Å². The van der Waals surface area contributed by atoms with Crippen molar-refractivity contribution in [2.75, 3.05) is 0 Å². The van der Waals surface area contributed by atoms with Crippen LogP contribution in [-0.2, 0) is 27.3 Å². The number of rotatable bonds is 0. The molecule has 0 spiro atoms. The van der Waals surface area contributed by atoms with Crippen LogP contribution in [-0.4, -0.2) is 0 Å². The maximum absolute atomic E-state index is 0. The molecule has 0 aliphatic heterocycles. The molecule has 0 aromatic rings. The summed E-state index contributed by atoms with van der Waals surface area (Å²) in [7, 11) is 0. The van der Waals surface area contributed by atoms with Crippen molar-refractivity contribution in [1.82, 2.24) is 24.6 Å². The van der Waals surface area contributed by atoms with Gasteiger partial charge < -0.3 is 24.6 Å². The van der Waals surface area contributed by atoms with Gasteiger partial charge in [0.15, 0.2) is 0 Å². The molecule has 5 heavy (non-hydrogen) atoms. The molecule has 5 heteroatoms. The van der Waals surface area contributed by atoms with E-state index in [1.807, 2.05) is 0 Å². The molecule has 0 fully saturated rings. The first-order chi connectivity index (χ1) is 0. The van der Waals surface area contributed by atoms with Crippen molar-refractivity contribution in [2.24, 2.45) is 0 Å². The molecule has 0 aromatic carbocycles. The molecule has 0 unspecified atom stereocenters. The van der Waals surface area contributed by atoms with E-state index in [4.69, 9.17) is 0 Å². The second-order valence-corrected chi connectivity index (χ2v) is 0. The Morgan fingerprint density at radius 1 is 0.400 bits per heavy atom. The van der Waals surface area contributed by atoms with Gasteiger partial charge in [-0.2, -0.15) is 0 Å². The first-order valence-corrected chi connectivity index (χ1v) is 0. The first kappa shape index (κ1) is 225. The number of hydrogen-bond acceptors (Lipinski definition) is 4. The molecule has 0 aliphatic rings. The molecule has 0 atom stereocenters. The minimum absolute atomic E-state index is 0. The minimum atomic E-state index is 0. The Morgan fingerprint density at radius 3 is 0.400 bits per heavy atom. The van der Waals surface area contributed by atoms with Crippen LogP contribution < -0.4 is 24.6 Å². The van der Waals surface area contributed by atoms with Gasteiger partial charge >= 0.3 is 0 Å². The zero-order chi connectivity index (χ0) is 0. The monoisotopic (exact) mass is 182 g/mol. The second kappa shape index (κ2) is 116. The van der Waals surface area contributed by atoms with Crippen LogP contribution in [0.3, 0.4) is 0 Å². The van der Waals surface area contributed by atoms with E-state index in [0.717, 1.165) is 0 Å². The average Bonchev–Trinajstić information content (AvgIpc) is 0. The molecule has 12 N–H and O–H groups in total. The maximum Gasteiger partial charge on any atom is 0 e. The molecule has 0 rings (SSSR count). The van der Waals surface area contributed by atoms with E-state index in [2.05, 4.69) is 0 Å². The summed E-state index contributed by atoms with van der Waals surface area (Å²) in [5, 5.41) is 0. The second-order valence-electron chi connectivity index (χ2n) is 0. The van der Waals surface area contributed by atoms with E-state index >= 15 is 0 Å². The summed E-state index contributed by atoms with van der Waals surface area (Å²) in [6.07, 6.45) is 0. The molecule has 0 aromatic heterocycles. The zero-order valence-corrected chi connectivity index (χ0v) is 7.57. The van der Waals surface area contributed by atoms with Gasteiger partial charge in [0.25, 0.3) is 0 Å². The van der Waals surface area contributed by atoms with Gasteiger partial charge in [0.2, 0.25) is 0 Å². The van der Waals surface area contributed by atoms with Crippen molar-refractivity contribution in [2.45, 2.75) is 0 Å². The molecule has 0 aliphatic carbocycles. The average molecular weight is 181 g/mol. The maximum atomic E-state index is 0. The standard InChI is InChI=1S/Cd.4H3N/h;4*1H3. The zero-order valence-electron chi connectivity index (χ0n) is 3.54. The van der Waals surface area contributed by atoms with Crippen LogP contribution in [0, 0.1) is 0 Å². The summed E-state index contributed by atoms with van der Waals surface area (Å²) in [4.78, 5) is 0. The number of hydrogen-bond donors (Lipinski definition) is 4. The van der Waals surface area contributed by atoms with Crippen molar-refractivity contribution in [3.05, 3.63) is 0 Å². The van der Waals surface area contributed by atoms with Crippen molar-refractivity contribution < 1.29 is 27.3 Å². The molecular weight excluding hydrogens is 168 g/mol. The fourth-order valence-electron chi connectivity index (χ4n) is 0. The van der Waals surface area contributed by atoms with Crippen molar-refractivity contribution >= 4 is 0 Å². The Morgan fingerprint density at radius 2 is 0.400 bits per heavy atom. The van der Waals surface area contributed by atoms with Crippen LogP contribution in [0.25, 0.3) is 0 Å². The fraction of sp³-hybridized carbons (Fsp3) is 0. The summed E-state index contributed by atoms with van der Waals surface area (Å²) >= 11 is 0. The molecular formula is H12CdN4. The molecule has 0 amide bonds. The van der Waals surface area contributed by atoms with Gasteiger partial charge in [-0.15, -0.1) is 0 Å². The molecule has 0 bridgehead atoms. The third-order valence-electron chi connectivity index (χ3n) is 0. The summed E-state index contributed by atoms with van der Waals surface area (Å²) in [6.45, 7) is 0. The Balaban J connectivity index is 0. The Kier molecular flexibility index (Phi) is 5220. The predicted molar refractivity (Wildman–Crippen MR) is 20.1 cm³/mol. The van der Waals surface area contributed by atoms with Crippen LogP contribution in [0.1, 0.15) is 0 Å². The van der Waals surface area contributed by atoms with Gasteiger partial charge in [0.05, 0.1) is 0 Å². The van der Waals surface area contributed by atoms with Crippen LogP contribution in [0.2, 0.25) is 0 Å². The largest absolute Gasteiger partial charge is 0.344 e. The van der Waals surface area contributed by atoms with Crippen molar-refractivity contribution in [1.29, 1.82) is 0 Å². The van der Waals surface area contributed by atoms with E-state index in [0.29, 0.717) is 0 Å². The summed E-state index contributed by atoms with van der Waals surface area (Å²) in [5.41, 5.74) is 0. The van der Waals surface area contributed by atoms with Crippen molar-refractivity contribution in [3.63, 3.8) is 0 Å². The van der Waals surface area contributed by atoms with Crippen LogP contribution in [0.5, 0.6) is 0 Å². The van der Waals surface area contributed by atoms with Gasteiger partial charge in [0, 0.05) is 27.3 Å². The Bertz CT molecular complexity index is 3.61. The van der Waals surface area contributed by atoms with Crippen molar-refractivity contribution in [3.8, 4) is 0 Å². The van der Waals surface area contributed by atoms with E-state index in [-0.39, 0.29) is 51.9 Å². The topological polar surface area (TPSA) is 140 Å². The van der Waals surface area contributed by atoms with Gasteiger partial charge in [-0.05, 0) is 0 Å². The fourth-order valence-corrected chi connectivity index (χ4v) is 0. The van der Waals surface area contributed by atoms with E-state index in [1.54, 1.807) is 0 Å². The first-order valence-electron chi connectivity index (χ1n) is 0. The van der Waals surface area contributed by atoms with E-state index in [1.165, 1.54) is 0 Å². The van der Waals surface area contributed by atoms with Crippen LogP contribution >= 0.6 is 0 Å².